The van der Waals surface area contributed by atoms with Crippen molar-refractivity contribution >= 4 is 27.1 Å². The molecule has 0 radical (unpaired) electrons. The third-order valence-electron chi connectivity index (χ3n) is 5.69. The van der Waals surface area contributed by atoms with Crippen LogP contribution >= 0.6 is 11.3 Å². The zero-order valence-corrected chi connectivity index (χ0v) is 16.1. The molecule has 3 heterocycles. The molecule has 1 aliphatic carbocycles. The first-order chi connectivity index (χ1) is 13.3. The van der Waals surface area contributed by atoms with E-state index in [0.717, 1.165) is 48.4 Å². The molecule has 0 saturated carbocycles. The summed E-state index contributed by atoms with van der Waals surface area (Å²) in [4.78, 5) is 25.2. The second kappa shape index (κ2) is 7.06. The lowest BCUT2D eigenvalue weighted by Gasteiger charge is -2.25. The van der Waals surface area contributed by atoms with E-state index in [9.17, 15) is 4.79 Å². The third-order valence-corrected chi connectivity index (χ3v) is 6.87. The number of nitrogens with zero attached hydrogens (tertiary/aromatic N) is 2. The summed E-state index contributed by atoms with van der Waals surface area (Å²) in [5.74, 6) is 0.794. The summed E-state index contributed by atoms with van der Waals surface area (Å²) in [6, 6.07) is 10.6. The maximum absolute atomic E-state index is 12.7. The van der Waals surface area contributed by atoms with Gasteiger partial charge in [0, 0.05) is 18.0 Å². The highest BCUT2D eigenvalue weighted by molar-refractivity contribution is 7.18. The molecular formula is C22H23N3OS. The van der Waals surface area contributed by atoms with Gasteiger partial charge in [0.05, 0.1) is 11.9 Å². The van der Waals surface area contributed by atoms with Crippen LogP contribution in [0.4, 0.5) is 0 Å². The van der Waals surface area contributed by atoms with Gasteiger partial charge in [-0.25, -0.2) is 4.98 Å². The zero-order valence-electron chi connectivity index (χ0n) is 15.3. The predicted octanol–water partition coefficient (Wildman–Crippen LogP) is 4.15. The van der Waals surface area contributed by atoms with E-state index in [-0.39, 0.29) is 5.56 Å². The molecule has 0 atom stereocenters. The highest BCUT2D eigenvalue weighted by Gasteiger charge is 2.20. The average molecular weight is 378 g/mol. The fourth-order valence-corrected chi connectivity index (χ4v) is 5.55. The minimum atomic E-state index is 0.0481. The number of H-pyrrole nitrogens is 1. The van der Waals surface area contributed by atoms with Crippen molar-refractivity contribution in [1.82, 2.24) is 14.9 Å². The predicted molar refractivity (Wildman–Crippen MR) is 111 cm³/mol. The van der Waals surface area contributed by atoms with Gasteiger partial charge in [-0.05, 0) is 48.8 Å². The molecule has 138 valence electrons. The number of rotatable bonds is 3. The lowest BCUT2D eigenvalue weighted by atomic mass is 9.97. The van der Waals surface area contributed by atoms with Crippen LogP contribution in [0.1, 0.15) is 41.1 Å². The Bertz CT molecular complexity index is 1060. The van der Waals surface area contributed by atoms with Crippen LogP contribution in [0.5, 0.6) is 0 Å². The number of aryl methyl sites for hydroxylation is 2. The summed E-state index contributed by atoms with van der Waals surface area (Å²) < 4.78 is 0. The Morgan fingerprint density at radius 1 is 1.11 bits per heavy atom. The SMILES string of the molecule is O=c1[nH]c(CN2CC=C(c3ccccc3)CC2)nc2sc3c(c12)CCCC3. The molecule has 3 aromatic rings. The van der Waals surface area contributed by atoms with Crippen LogP contribution in [0.15, 0.2) is 41.2 Å². The van der Waals surface area contributed by atoms with Gasteiger partial charge < -0.3 is 4.98 Å². The Balaban J connectivity index is 1.36. The van der Waals surface area contributed by atoms with Crippen molar-refractivity contribution in [3.05, 3.63) is 68.6 Å². The van der Waals surface area contributed by atoms with Crippen LogP contribution in [-0.2, 0) is 19.4 Å². The largest absolute Gasteiger partial charge is 0.309 e. The van der Waals surface area contributed by atoms with Crippen LogP contribution < -0.4 is 5.56 Å². The first-order valence-electron chi connectivity index (χ1n) is 9.78. The summed E-state index contributed by atoms with van der Waals surface area (Å²) in [6.45, 7) is 2.59. The standard InChI is InChI=1S/C22H23N3OS/c26-21-20-17-8-4-5-9-18(17)27-22(20)24-19(23-21)14-25-12-10-16(11-13-25)15-6-2-1-3-7-15/h1-3,6-7,10H,4-5,8-9,11-14H2,(H,23,24,26). The summed E-state index contributed by atoms with van der Waals surface area (Å²) in [6.07, 6.45) is 7.88. The Hall–Kier alpha value is -2.24. The minimum Gasteiger partial charge on any atom is -0.309 e. The highest BCUT2D eigenvalue weighted by Crippen LogP contribution is 2.33. The minimum absolute atomic E-state index is 0.0481. The van der Waals surface area contributed by atoms with Crippen molar-refractivity contribution < 1.29 is 0 Å². The second-order valence-electron chi connectivity index (χ2n) is 7.48. The average Bonchev–Trinajstić information content (AvgIpc) is 3.08. The normalized spacial score (nSPS) is 17.7. The highest BCUT2D eigenvalue weighted by atomic mass is 32.1. The summed E-state index contributed by atoms with van der Waals surface area (Å²) >= 11 is 1.73. The van der Waals surface area contributed by atoms with E-state index in [1.54, 1.807) is 11.3 Å². The number of nitrogens with one attached hydrogen (secondary N) is 1. The molecule has 0 bridgehead atoms. The number of fused-ring (bicyclic) bond motifs is 3. The number of aromatic amines is 1. The van der Waals surface area contributed by atoms with Gasteiger partial charge in [-0.2, -0.15) is 0 Å². The lowest BCUT2D eigenvalue weighted by molar-refractivity contribution is 0.286. The molecule has 27 heavy (non-hydrogen) atoms. The molecule has 0 amide bonds. The smallest absolute Gasteiger partial charge is 0.259 e. The summed E-state index contributed by atoms with van der Waals surface area (Å²) in [7, 11) is 0. The van der Waals surface area contributed by atoms with Gasteiger partial charge in [0.25, 0.3) is 5.56 Å². The number of thiophene rings is 1. The van der Waals surface area contributed by atoms with Gasteiger partial charge >= 0.3 is 0 Å². The Kier molecular flexibility index (Phi) is 4.42. The van der Waals surface area contributed by atoms with E-state index in [1.807, 2.05) is 0 Å². The number of benzene rings is 1. The van der Waals surface area contributed by atoms with Gasteiger partial charge in [0.2, 0.25) is 0 Å². The molecule has 5 heteroatoms. The molecule has 5 rings (SSSR count). The Morgan fingerprint density at radius 3 is 2.78 bits per heavy atom. The number of aromatic nitrogens is 2. The van der Waals surface area contributed by atoms with Crippen molar-refractivity contribution in [2.24, 2.45) is 0 Å². The monoisotopic (exact) mass is 377 g/mol. The van der Waals surface area contributed by atoms with E-state index in [2.05, 4.69) is 46.3 Å². The van der Waals surface area contributed by atoms with E-state index >= 15 is 0 Å². The van der Waals surface area contributed by atoms with E-state index in [4.69, 9.17) is 4.98 Å². The van der Waals surface area contributed by atoms with Gasteiger partial charge in [0.1, 0.15) is 10.7 Å². The molecule has 1 N–H and O–H groups in total. The van der Waals surface area contributed by atoms with Gasteiger partial charge in [-0.1, -0.05) is 36.4 Å². The quantitative estimate of drug-likeness (QED) is 0.746. The number of hydrogen-bond donors (Lipinski definition) is 1. The van der Waals surface area contributed by atoms with Crippen LogP contribution in [0, 0.1) is 0 Å². The van der Waals surface area contributed by atoms with Crippen molar-refractivity contribution in [2.45, 2.75) is 38.6 Å². The molecule has 0 spiro atoms. The maximum Gasteiger partial charge on any atom is 0.259 e. The van der Waals surface area contributed by atoms with E-state index in [0.29, 0.717) is 6.54 Å². The third kappa shape index (κ3) is 3.26. The molecule has 4 nitrogen and oxygen atoms in total. The van der Waals surface area contributed by atoms with E-state index < -0.39 is 0 Å². The summed E-state index contributed by atoms with van der Waals surface area (Å²) in [5, 5.41) is 0.850. The van der Waals surface area contributed by atoms with Crippen molar-refractivity contribution in [3.8, 4) is 0 Å². The first-order valence-corrected chi connectivity index (χ1v) is 10.6. The fraction of sp³-hybridized carbons (Fsp3) is 0.364. The van der Waals surface area contributed by atoms with Crippen LogP contribution in [0.3, 0.4) is 0 Å². The Labute approximate surface area is 162 Å². The molecule has 2 aliphatic rings. The molecule has 0 fully saturated rings. The lowest BCUT2D eigenvalue weighted by Crippen LogP contribution is -2.29. The molecule has 1 aromatic carbocycles. The molecular weight excluding hydrogens is 354 g/mol. The molecule has 1 aliphatic heterocycles. The molecule has 0 saturated heterocycles. The molecule has 0 unspecified atom stereocenters. The zero-order chi connectivity index (χ0) is 18.2. The van der Waals surface area contributed by atoms with Crippen LogP contribution in [-0.4, -0.2) is 28.0 Å². The van der Waals surface area contributed by atoms with Gasteiger partial charge in [-0.15, -0.1) is 11.3 Å². The van der Waals surface area contributed by atoms with Crippen molar-refractivity contribution in [3.63, 3.8) is 0 Å². The van der Waals surface area contributed by atoms with Gasteiger partial charge in [-0.3, -0.25) is 9.69 Å². The van der Waals surface area contributed by atoms with Gasteiger partial charge in [0.15, 0.2) is 0 Å². The van der Waals surface area contributed by atoms with Crippen molar-refractivity contribution in [1.29, 1.82) is 0 Å². The van der Waals surface area contributed by atoms with E-state index in [1.165, 1.54) is 34.4 Å². The van der Waals surface area contributed by atoms with Crippen LogP contribution in [0.25, 0.3) is 15.8 Å². The van der Waals surface area contributed by atoms with Crippen LogP contribution in [0.2, 0.25) is 0 Å². The topological polar surface area (TPSA) is 49.0 Å². The maximum atomic E-state index is 12.7. The van der Waals surface area contributed by atoms with Crippen molar-refractivity contribution in [2.75, 3.05) is 13.1 Å². The fourth-order valence-electron chi connectivity index (χ4n) is 4.26. The molecule has 2 aromatic heterocycles. The number of hydrogen-bond acceptors (Lipinski definition) is 4. The second-order valence-corrected chi connectivity index (χ2v) is 8.57. The first kappa shape index (κ1) is 16.9. The summed E-state index contributed by atoms with van der Waals surface area (Å²) in [5.41, 5.74) is 4.03. The Morgan fingerprint density at radius 2 is 1.96 bits per heavy atom.